The molecular weight excluding hydrogens is 242 g/mol. The van der Waals surface area contributed by atoms with Crippen LogP contribution in [-0.4, -0.2) is 50.5 Å². The topological polar surface area (TPSA) is 46.6 Å². The molecule has 0 aromatic carbocycles. The number of hydrogen-bond acceptors (Lipinski definition) is 5. The van der Waals surface area contributed by atoms with Crippen LogP contribution in [0.25, 0.3) is 0 Å². The van der Waals surface area contributed by atoms with Crippen molar-refractivity contribution >= 4 is 11.5 Å². The Morgan fingerprint density at radius 3 is 2.47 bits per heavy atom. The molecule has 0 atom stereocenters. The normalized spacial score (nSPS) is 21.4. The molecule has 104 valence electrons. The first-order valence-electron chi connectivity index (χ1n) is 7.05. The molecule has 3 rings (SSSR count). The molecule has 3 heterocycles. The van der Waals surface area contributed by atoms with Gasteiger partial charge < -0.3 is 19.7 Å². The number of rotatable bonds is 3. The van der Waals surface area contributed by atoms with E-state index in [0.717, 1.165) is 63.9 Å². The molecule has 1 aromatic heterocycles. The number of ether oxygens (including phenoxy) is 2. The average Bonchev–Trinajstić information content (AvgIpc) is 2.50. The molecule has 0 saturated carbocycles. The van der Waals surface area contributed by atoms with Crippen molar-refractivity contribution in [3.8, 4) is 0 Å². The Balaban J connectivity index is 1.58. The second kappa shape index (κ2) is 6.21. The highest BCUT2D eigenvalue weighted by atomic mass is 16.5. The second-order valence-corrected chi connectivity index (χ2v) is 5.04. The summed E-state index contributed by atoms with van der Waals surface area (Å²) in [4.78, 5) is 6.81. The van der Waals surface area contributed by atoms with E-state index in [-0.39, 0.29) is 0 Å². The van der Waals surface area contributed by atoms with Crippen molar-refractivity contribution in [2.24, 2.45) is 0 Å². The molecule has 2 aliphatic heterocycles. The zero-order chi connectivity index (χ0) is 12.9. The molecule has 2 saturated heterocycles. The SMILES string of the molecule is c1cc(N2CCOCC2)ncc1NC1CCOCC1. The van der Waals surface area contributed by atoms with Crippen LogP contribution in [0.1, 0.15) is 12.8 Å². The minimum Gasteiger partial charge on any atom is -0.381 e. The Hall–Kier alpha value is -1.33. The standard InChI is InChI=1S/C14H21N3O2/c1-2-14(17-5-9-19-10-6-17)15-11-13(1)16-12-3-7-18-8-4-12/h1-2,11-12,16H,3-10H2. The second-order valence-electron chi connectivity index (χ2n) is 5.04. The van der Waals surface area contributed by atoms with Crippen molar-refractivity contribution in [1.29, 1.82) is 0 Å². The zero-order valence-electron chi connectivity index (χ0n) is 11.2. The van der Waals surface area contributed by atoms with Crippen LogP contribution in [0.4, 0.5) is 11.5 Å². The summed E-state index contributed by atoms with van der Waals surface area (Å²) in [6.45, 7) is 5.17. The Labute approximate surface area is 113 Å². The highest BCUT2D eigenvalue weighted by Gasteiger charge is 2.14. The summed E-state index contributed by atoms with van der Waals surface area (Å²) >= 11 is 0. The summed E-state index contributed by atoms with van der Waals surface area (Å²) in [5, 5.41) is 3.53. The predicted octanol–water partition coefficient (Wildman–Crippen LogP) is 1.51. The van der Waals surface area contributed by atoms with Crippen LogP contribution in [-0.2, 0) is 9.47 Å². The van der Waals surface area contributed by atoms with E-state index in [4.69, 9.17) is 9.47 Å². The Morgan fingerprint density at radius 2 is 1.79 bits per heavy atom. The largest absolute Gasteiger partial charge is 0.381 e. The molecule has 0 amide bonds. The van der Waals surface area contributed by atoms with E-state index in [1.165, 1.54) is 0 Å². The molecule has 0 spiro atoms. The van der Waals surface area contributed by atoms with Crippen LogP contribution in [0.2, 0.25) is 0 Å². The molecular formula is C14H21N3O2. The summed E-state index contributed by atoms with van der Waals surface area (Å²) in [5.74, 6) is 1.04. The van der Waals surface area contributed by atoms with Crippen LogP contribution in [0.5, 0.6) is 0 Å². The number of nitrogens with zero attached hydrogens (tertiary/aromatic N) is 2. The van der Waals surface area contributed by atoms with Crippen LogP contribution < -0.4 is 10.2 Å². The first-order valence-corrected chi connectivity index (χ1v) is 7.05. The summed E-state index contributed by atoms with van der Waals surface area (Å²) in [6.07, 6.45) is 4.08. The molecule has 5 heteroatoms. The Morgan fingerprint density at radius 1 is 1.05 bits per heavy atom. The maximum Gasteiger partial charge on any atom is 0.128 e. The van der Waals surface area contributed by atoms with Gasteiger partial charge in [-0.25, -0.2) is 4.98 Å². The Kier molecular flexibility index (Phi) is 4.15. The van der Waals surface area contributed by atoms with Gasteiger partial charge in [-0.15, -0.1) is 0 Å². The number of hydrogen-bond donors (Lipinski definition) is 1. The summed E-state index contributed by atoms with van der Waals surface area (Å²) < 4.78 is 10.7. The summed E-state index contributed by atoms with van der Waals surface area (Å²) in [5.41, 5.74) is 1.10. The van der Waals surface area contributed by atoms with E-state index in [1.807, 2.05) is 6.20 Å². The van der Waals surface area contributed by atoms with Gasteiger partial charge in [0.1, 0.15) is 5.82 Å². The fourth-order valence-electron chi connectivity index (χ4n) is 2.53. The van der Waals surface area contributed by atoms with Crippen molar-refractivity contribution in [3.63, 3.8) is 0 Å². The molecule has 1 aromatic rings. The van der Waals surface area contributed by atoms with Crippen molar-refractivity contribution < 1.29 is 9.47 Å². The lowest BCUT2D eigenvalue weighted by atomic mass is 10.1. The lowest BCUT2D eigenvalue weighted by Gasteiger charge is -2.28. The Bertz CT molecular complexity index is 384. The van der Waals surface area contributed by atoms with Gasteiger partial charge in [-0.3, -0.25) is 0 Å². The van der Waals surface area contributed by atoms with Crippen molar-refractivity contribution in [3.05, 3.63) is 18.3 Å². The van der Waals surface area contributed by atoms with Gasteiger partial charge in [-0.05, 0) is 25.0 Å². The van der Waals surface area contributed by atoms with E-state index < -0.39 is 0 Å². The quantitative estimate of drug-likeness (QED) is 0.895. The third kappa shape index (κ3) is 3.36. The molecule has 2 fully saturated rings. The number of pyridine rings is 1. The average molecular weight is 263 g/mol. The summed E-state index contributed by atoms with van der Waals surface area (Å²) in [7, 11) is 0. The lowest BCUT2D eigenvalue weighted by Crippen LogP contribution is -2.36. The van der Waals surface area contributed by atoms with Gasteiger partial charge in [0.05, 0.1) is 25.1 Å². The van der Waals surface area contributed by atoms with Crippen molar-refractivity contribution in [2.75, 3.05) is 49.7 Å². The first-order chi connectivity index (χ1) is 9.42. The fraction of sp³-hybridized carbons (Fsp3) is 0.643. The van der Waals surface area contributed by atoms with Gasteiger partial charge in [-0.1, -0.05) is 0 Å². The molecule has 1 N–H and O–H groups in total. The van der Waals surface area contributed by atoms with Gasteiger partial charge >= 0.3 is 0 Å². The lowest BCUT2D eigenvalue weighted by molar-refractivity contribution is 0.0904. The number of aromatic nitrogens is 1. The van der Waals surface area contributed by atoms with Crippen molar-refractivity contribution in [2.45, 2.75) is 18.9 Å². The van der Waals surface area contributed by atoms with Gasteiger partial charge in [0, 0.05) is 32.3 Å². The fourth-order valence-corrected chi connectivity index (χ4v) is 2.53. The van der Waals surface area contributed by atoms with E-state index in [1.54, 1.807) is 0 Å². The van der Waals surface area contributed by atoms with Crippen LogP contribution in [0.3, 0.4) is 0 Å². The molecule has 0 aliphatic carbocycles. The third-order valence-corrected chi connectivity index (χ3v) is 3.68. The number of morpholine rings is 1. The maximum absolute atomic E-state index is 5.36. The minimum absolute atomic E-state index is 0.518. The maximum atomic E-state index is 5.36. The molecule has 0 unspecified atom stereocenters. The van der Waals surface area contributed by atoms with E-state index in [9.17, 15) is 0 Å². The van der Waals surface area contributed by atoms with Gasteiger partial charge in [0.2, 0.25) is 0 Å². The van der Waals surface area contributed by atoms with Crippen molar-refractivity contribution in [1.82, 2.24) is 4.98 Å². The third-order valence-electron chi connectivity index (χ3n) is 3.68. The number of anilines is 2. The van der Waals surface area contributed by atoms with Crippen LogP contribution in [0, 0.1) is 0 Å². The smallest absolute Gasteiger partial charge is 0.128 e. The molecule has 0 bridgehead atoms. The minimum atomic E-state index is 0.518. The highest BCUT2D eigenvalue weighted by molar-refractivity contribution is 5.49. The first kappa shape index (κ1) is 12.7. The van der Waals surface area contributed by atoms with E-state index in [0.29, 0.717) is 6.04 Å². The molecule has 19 heavy (non-hydrogen) atoms. The summed E-state index contributed by atoms with van der Waals surface area (Å²) in [6, 6.07) is 4.73. The zero-order valence-corrected chi connectivity index (χ0v) is 11.2. The van der Waals surface area contributed by atoms with E-state index >= 15 is 0 Å². The van der Waals surface area contributed by atoms with Gasteiger partial charge in [0.25, 0.3) is 0 Å². The molecule has 5 nitrogen and oxygen atoms in total. The molecule has 2 aliphatic rings. The van der Waals surface area contributed by atoms with E-state index in [2.05, 4.69) is 27.3 Å². The van der Waals surface area contributed by atoms with Crippen LogP contribution in [0.15, 0.2) is 18.3 Å². The monoisotopic (exact) mass is 263 g/mol. The molecule has 0 radical (unpaired) electrons. The number of nitrogens with one attached hydrogen (secondary N) is 1. The van der Waals surface area contributed by atoms with Gasteiger partial charge in [-0.2, -0.15) is 0 Å². The van der Waals surface area contributed by atoms with Gasteiger partial charge in [0.15, 0.2) is 0 Å². The van der Waals surface area contributed by atoms with Crippen LogP contribution >= 0.6 is 0 Å². The predicted molar refractivity (Wildman–Crippen MR) is 74.7 cm³/mol. The highest BCUT2D eigenvalue weighted by Crippen LogP contribution is 2.18.